The summed E-state index contributed by atoms with van der Waals surface area (Å²) in [6.45, 7) is 0.602. The summed E-state index contributed by atoms with van der Waals surface area (Å²) in [7, 11) is 0. The van der Waals surface area contributed by atoms with Gasteiger partial charge in [0.2, 0.25) is 0 Å². The zero-order valence-electron chi connectivity index (χ0n) is 8.80. The lowest BCUT2D eigenvalue weighted by atomic mass is 10.1. The molecule has 1 amide bonds. The van der Waals surface area contributed by atoms with Crippen LogP contribution >= 0.6 is 0 Å². The molecule has 0 aliphatic carbocycles. The molecule has 0 spiro atoms. The van der Waals surface area contributed by atoms with Gasteiger partial charge in [-0.1, -0.05) is 12.1 Å². The Labute approximate surface area is 93.4 Å². The average Bonchev–Trinajstić information content (AvgIpc) is 2.75. The molecular weight excluding hydrogens is 208 g/mol. The molecule has 0 bridgehead atoms. The van der Waals surface area contributed by atoms with Crippen LogP contribution in [-0.2, 0) is 9.63 Å². The molecule has 1 aromatic rings. The highest BCUT2D eigenvalue weighted by Crippen LogP contribution is 2.22. The largest absolute Gasteiger partial charge is 0.387 e. The Balaban J connectivity index is 2.15. The quantitative estimate of drug-likeness (QED) is 0.773. The summed E-state index contributed by atoms with van der Waals surface area (Å²) in [6.07, 6.45) is -0.253. The molecule has 1 heterocycles. The van der Waals surface area contributed by atoms with Crippen LogP contribution in [0.4, 0.5) is 5.69 Å². The lowest BCUT2D eigenvalue weighted by molar-refractivity contribution is -0.119. The summed E-state index contributed by atoms with van der Waals surface area (Å²) in [5.74, 6) is -0.0490. The maximum atomic E-state index is 11.4. The number of nitrogens with two attached hydrogens (primary N) is 1. The van der Waals surface area contributed by atoms with Gasteiger partial charge in [-0.25, -0.2) is 0 Å². The van der Waals surface area contributed by atoms with Gasteiger partial charge in [0, 0.05) is 6.54 Å². The molecule has 1 aliphatic rings. The molecule has 5 heteroatoms. The molecule has 1 saturated heterocycles. The number of hydrogen-bond donors (Lipinski definition) is 2. The number of aliphatic hydroxyl groups excluding tert-OH is 1. The predicted octanol–water partition coefficient (Wildman–Crippen LogP) is 0.347. The standard InChI is InChI=1S/C11H14N2O3/c12-7-10(14)8-1-3-9(4-2-8)13-11(15)5-6-16-13/h1-4,10,14H,5-7,12H2. The fraction of sp³-hybridized carbons (Fsp3) is 0.364. The summed E-state index contributed by atoms with van der Waals surface area (Å²) < 4.78 is 0. The number of anilines is 1. The predicted molar refractivity (Wildman–Crippen MR) is 58.5 cm³/mol. The van der Waals surface area contributed by atoms with E-state index in [1.54, 1.807) is 24.3 Å². The van der Waals surface area contributed by atoms with Gasteiger partial charge in [-0.2, -0.15) is 5.06 Å². The van der Waals surface area contributed by atoms with Gasteiger partial charge < -0.3 is 10.8 Å². The molecule has 3 N–H and O–H groups in total. The summed E-state index contributed by atoms with van der Waals surface area (Å²) >= 11 is 0. The number of aliphatic hydroxyl groups is 1. The molecule has 0 radical (unpaired) electrons. The number of amides is 1. The first-order valence-corrected chi connectivity index (χ1v) is 5.16. The van der Waals surface area contributed by atoms with Gasteiger partial charge >= 0.3 is 0 Å². The van der Waals surface area contributed by atoms with Crippen LogP contribution in [0.2, 0.25) is 0 Å². The average molecular weight is 222 g/mol. The minimum absolute atomic E-state index is 0.0490. The fourth-order valence-electron chi connectivity index (χ4n) is 1.58. The van der Waals surface area contributed by atoms with Crippen LogP contribution in [0.5, 0.6) is 0 Å². The van der Waals surface area contributed by atoms with Crippen molar-refractivity contribution in [2.24, 2.45) is 5.73 Å². The van der Waals surface area contributed by atoms with Gasteiger partial charge in [-0.15, -0.1) is 0 Å². The number of carbonyl (C=O) groups excluding carboxylic acids is 1. The van der Waals surface area contributed by atoms with Crippen LogP contribution in [-0.4, -0.2) is 24.2 Å². The summed E-state index contributed by atoms with van der Waals surface area (Å²) in [4.78, 5) is 16.6. The third-order valence-corrected chi connectivity index (χ3v) is 2.50. The first-order chi connectivity index (χ1) is 7.72. The van der Waals surface area contributed by atoms with E-state index in [9.17, 15) is 9.90 Å². The van der Waals surface area contributed by atoms with Crippen molar-refractivity contribution in [2.45, 2.75) is 12.5 Å². The van der Waals surface area contributed by atoms with Gasteiger partial charge in [-0.05, 0) is 17.7 Å². The molecule has 86 valence electrons. The van der Waals surface area contributed by atoms with Crippen LogP contribution in [0.15, 0.2) is 24.3 Å². The number of nitrogens with zero attached hydrogens (tertiary/aromatic N) is 1. The van der Waals surface area contributed by atoms with Gasteiger partial charge in [0.15, 0.2) is 0 Å². The van der Waals surface area contributed by atoms with E-state index in [1.165, 1.54) is 5.06 Å². The molecule has 5 nitrogen and oxygen atoms in total. The van der Waals surface area contributed by atoms with Crippen molar-refractivity contribution in [3.05, 3.63) is 29.8 Å². The topological polar surface area (TPSA) is 75.8 Å². The first kappa shape index (κ1) is 11.1. The van der Waals surface area contributed by atoms with Gasteiger partial charge in [0.1, 0.15) is 0 Å². The number of benzene rings is 1. The molecule has 1 unspecified atom stereocenters. The smallest absolute Gasteiger partial charge is 0.253 e. The Kier molecular flexibility index (Phi) is 3.19. The highest BCUT2D eigenvalue weighted by molar-refractivity contribution is 5.92. The maximum Gasteiger partial charge on any atom is 0.253 e. The van der Waals surface area contributed by atoms with Crippen molar-refractivity contribution in [3.63, 3.8) is 0 Å². The molecule has 1 aromatic carbocycles. The van der Waals surface area contributed by atoms with Crippen LogP contribution in [0.25, 0.3) is 0 Å². The van der Waals surface area contributed by atoms with Crippen molar-refractivity contribution in [3.8, 4) is 0 Å². The van der Waals surface area contributed by atoms with Crippen molar-refractivity contribution in [1.29, 1.82) is 0 Å². The highest BCUT2D eigenvalue weighted by Gasteiger charge is 2.23. The summed E-state index contributed by atoms with van der Waals surface area (Å²) in [5.41, 5.74) is 6.76. The second-order valence-corrected chi connectivity index (χ2v) is 3.61. The molecule has 1 fully saturated rings. The summed E-state index contributed by atoms with van der Waals surface area (Å²) in [5, 5.41) is 10.8. The van der Waals surface area contributed by atoms with Crippen molar-refractivity contribution >= 4 is 11.6 Å². The molecule has 0 saturated carbocycles. The SMILES string of the molecule is NCC(O)c1ccc(N2OCCC2=O)cc1. The fourth-order valence-corrected chi connectivity index (χ4v) is 1.58. The molecule has 1 aliphatic heterocycles. The van der Waals surface area contributed by atoms with Crippen LogP contribution in [0, 0.1) is 0 Å². The van der Waals surface area contributed by atoms with E-state index < -0.39 is 6.10 Å². The second kappa shape index (κ2) is 4.61. The van der Waals surface area contributed by atoms with E-state index in [0.29, 0.717) is 18.7 Å². The molecule has 1 atom stereocenters. The number of rotatable bonds is 3. The van der Waals surface area contributed by atoms with E-state index in [0.717, 1.165) is 5.56 Å². The van der Waals surface area contributed by atoms with Crippen LogP contribution < -0.4 is 10.8 Å². The first-order valence-electron chi connectivity index (χ1n) is 5.16. The number of hydrogen-bond acceptors (Lipinski definition) is 4. The van der Waals surface area contributed by atoms with Crippen molar-refractivity contribution < 1.29 is 14.7 Å². The number of hydroxylamine groups is 1. The van der Waals surface area contributed by atoms with Crippen LogP contribution in [0.1, 0.15) is 18.1 Å². The lowest BCUT2D eigenvalue weighted by Crippen LogP contribution is -2.22. The number of carbonyl (C=O) groups is 1. The van der Waals surface area contributed by atoms with E-state index in [1.807, 2.05) is 0 Å². The molecule has 2 rings (SSSR count). The summed E-state index contributed by atoms with van der Waals surface area (Å²) in [6, 6.07) is 6.94. The van der Waals surface area contributed by atoms with E-state index in [2.05, 4.69) is 0 Å². The van der Waals surface area contributed by atoms with Crippen molar-refractivity contribution in [1.82, 2.24) is 0 Å². The third-order valence-electron chi connectivity index (χ3n) is 2.50. The zero-order valence-corrected chi connectivity index (χ0v) is 8.80. The normalized spacial score (nSPS) is 17.9. The zero-order chi connectivity index (χ0) is 11.5. The Morgan fingerprint density at radius 3 is 2.62 bits per heavy atom. The Morgan fingerprint density at radius 1 is 1.44 bits per heavy atom. The molecule has 16 heavy (non-hydrogen) atoms. The third kappa shape index (κ3) is 2.06. The van der Waals surface area contributed by atoms with Gasteiger partial charge in [-0.3, -0.25) is 9.63 Å². The van der Waals surface area contributed by atoms with Gasteiger partial charge in [0.25, 0.3) is 5.91 Å². The van der Waals surface area contributed by atoms with Crippen molar-refractivity contribution in [2.75, 3.05) is 18.2 Å². The Hall–Kier alpha value is -1.43. The maximum absolute atomic E-state index is 11.4. The van der Waals surface area contributed by atoms with E-state index in [-0.39, 0.29) is 12.5 Å². The van der Waals surface area contributed by atoms with Crippen LogP contribution in [0.3, 0.4) is 0 Å². The Bertz CT molecular complexity index is 377. The second-order valence-electron chi connectivity index (χ2n) is 3.61. The molecule has 0 aromatic heterocycles. The van der Waals surface area contributed by atoms with E-state index in [4.69, 9.17) is 10.6 Å². The Morgan fingerprint density at radius 2 is 2.12 bits per heavy atom. The highest BCUT2D eigenvalue weighted by atomic mass is 16.7. The minimum Gasteiger partial charge on any atom is -0.387 e. The monoisotopic (exact) mass is 222 g/mol. The lowest BCUT2D eigenvalue weighted by Gasteiger charge is -2.15. The minimum atomic E-state index is -0.663. The van der Waals surface area contributed by atoms with Gasteiger partial charge in [0.05, 0.1) is 24.8 Å². The van der Waals surface area contributed by atoms with E-state index >= 15 is 0 Å². The molecular formula is C11H14N2O3.